The van der Waals surface area contributed by atoms with E-state index in [1.54, 1.807) is 5.06 Å². The van der Waals surface area contributed by atoms with Gasteiger partial charge in [0.05, 0.1) is 0 Å². The minimum atomic E-state index is -0.468. The third-order valence-electron chi connectivity index (χ3n) is 3.75. The quantitative estimate of drug-likeness (QED) is 0.890. The molecule has 0 bridgehead atoms. The molecule has 4 N–H and O–H groups in total. The zero-order valence-electron chi connectivity index (χ0n) is 11.7. The minimum absolute atomic E-state index is 0. The molecule has 1 spiro atoms. The number of halogens is 1. The van der Waals surface area contributed by atoms with Gasteiger partial charge in [0.25, 0.3) is 0 Å². The zero-order chi connectivity index (χ0) is 14.0. The molecule has 0 radical (unpaired) electrons. The maximum Gasteiger partial charge on any atom is 0.226 e. The van der Waals surface area contributed by atoms with E-state index in [0.29, 0.717) is 6.61 Å². The number of hydrogen-bond acceptors (Lipinski definition) is 6. The second kappa shape index (κ2) is 6.32. The fraction of sp³-hybridized carbons (Fsp3) is 0.429. The maximum absolute atomic E-state index is 5.98. The summed E-state index contributed by atoms with van der Waals surface area (Å²) in [6, 6.07) is 9.96. The van der Waals surface area contributed by atoms with Gasteiger partial charge in [-0.05, 0) is 31.2 Å². The first-order valence-electron chi connectivity index (χ1n) is 6.86. The van der Waals surface area contributed by atoms with E-state index in [0.717, 1.165) is 31.2 Å². The van der Waals surface area contributed by atoms with Crippen molar-refractivity contribution in [2.75, 3.05) is 0 Å². The van der Waals surface area contributed by atoms with Gasteiger partial charge in [-0.2, -0.15) is 10.1 Å². The highest BCUT2D eigenvalue weighted by molar-refractivity contribution is 5.95. The second-order valence-electron chi connectivity index (χ2n) is 5.18. The molecule has 0 unspecified atom stereocenters. The first-order valence-corrected chi connectivity index (χ1v) is 6.86. The van der Waals surface area contributed by atoms with Gasteiger partial charge in [-0.15, -0.1) is 12.4 Å². The number of nitrogens with two attached hydrogens (primary N) is 2. The number of guanidine groups is 2. The Labute approximate surface area is 130 Å². The lowest BCUT2D eigenvalue weighted by atomic mass is 10.1. The van der Waals surface area contributed by atoms with Crippen LogP contribution in [-0.4, -0.2) is 22.6 Å². The van der Waals surface area contributed by atoms with Crippen molar-refractivity contribution in [3.63, 3.8) is 0 Å². The lowest BCUT2D eigenvalue weighted by molar-refractivity contribution is -0.175. The first kappa shape index (κ1) is 15.6. The highest BCUT2D eigenvalue weighted by Gasteiger charge is 2.44. The van der Waals surface area contributed by atoms with Gasteiger partial charge in [0.1, 0.15) is 6.61 Å². The topological polar surface area (TPSA) is 89.2 Å². The summed E-state index contributed by atoms with van der Waals surface area (Å²) in [5.41, 5.74) is 12.3. The summed E-state index contributed by atoms with van der Waals surface area (Å²) in [4.78, 5) is 14.4. The molecule has 0 saturated heterocycles. The molecule has 7 heteroatoms. The number of rotatable bonds is 3. The van der Waals surface area contributed by atoms with Crippen molar-refractivity contribution in [1.29, 1.82) is 0 Å². The van der Waals surface area contributed by atoms with Crippen LogP contribution in [0.5, 0.6) is 0 Å². The van der Waals surface area contributed by atoms with Crippen LogP contribution in [0.25, 0.3) is 0 Å². The Hall–Kier alpha value is -1.79. The average molecular weight is 310 g/mol. The summed E-state index contributed by atoms with van der Waals surface area (Å²) in [6.07, 6.45) is 3.96. The average Bonchev–Trinajstić information content (AvgIpc) is 2.87. The Bertz CT molecular complexity index is 540. The molecular weight excluding hydrogens is 290 g/mol. The number of benzene rings is 1. The lowest BCUT2D eigenvalue weighted by Crippen LogP contribution is -2.55. The Morgan fingerprint density at radius 2 is 1.81 bits per heavy atom. The fourth-order valence-electron chi connectivity index (χ4n) is 2.82. The van der Waals surface area contributed by atoms with Gasteiger partial charge >= 0.3 is 0 Å². The fourth-order valence-corrected chi connectivity index (χ4v) is 2.82. The van der Waals surface area contributed by atoms with Gasteiger partial charge < -0.3 is 11.5 Å². The van der Waals surface area contributed by atoms with Crippen molar-refractivity contribution < 1.29 is 4.84 Å². The van der Waals surface area contributed by atoms with Crippen LogP contribution in [-0.2, 0) is 11.4 Å². The molecule has 21 heavy (non-hydrogen) atoms. The van der Waals surface area contributed by atoms with E-state index in [4.69, 9.17) is 16.3 Å². The standard InChI is InChI=1S/C14H19N5O.ClH/c15-12-17-13(16)19(14(18-12)8-4-5-9-14)20-10-11-6-2-1-3-7-11;/h1-3,6-7H,4-5,8-10H2,(H4,15,16,17,18);1H. The molecular formula is C14H20ClN5O. The van der Waals surface area contributed by atoms with Gasteiger partial charge in [-0.1, -0.05) is 30.3 Å². The molecule has 0 amide bonds. The second-order valence-corrected chi connectivity index (χ2v) is 5.18. The molecule has 1 aliphatic heterocycles. The molecule has 2 aliphatic rings. The van der Waals surface area contributed by atoms with Crippen LogP contribution in [0.3, 0.4) is 0 Å². The van der Waals surface area contributed by atoms with E-state index in [1.807, 2.05) is 30.3 Å². The molecule has 0 atom stereocenters. The summed E-state index contributed by atoms with van der Waals surface area (Å²) in [5.74, 6) is 0.527. The van der Waals surface area contributed by atoms with Gasteiger partial charge in [0.15, 0.2) is 5.66 Å². The van der Waals surface area contributed by atoms with Crippen molar-refractivity contribution in [3.05, 3.63) is 35.9 Å². The van der Waals surface area contributed by atoms with Crippen LogP contribution in [0.1, 0.15) is 31.2 Å². The Morgan fingerprint density at radius 3 is 2.48 bits per heavy atom. The Morgan fingerprint density at radius 1 is 1.14 bits per heavy atom. The molecule has 1 aromatic carbocycles. The van der Waals surface area contributed by atoms with Crippen molar-refractivity contribution >= 4 is 24.3 Å². The molecule has 1 heterocycles. The van der Waals surface area contributed by atoms with Crippen LogP contribution in [0.15, 0.2) is 40.3 Å². The van der Waals surface area contributed by atoms with Crippen molar-refractivity contribution in [3.8, 4) is 0 Å². The van der Waals surface area contributed by atoms with Crippen LogP contribution < -0.4 is 11.5 Å². The molecule has 1 fully saturated rings. The smallest absolute Gasteiger partial charge is 0.226 e. The monoisotopic (exact) mass is 309 g/mol. The normalized spacial score (nSPS) is 19.9. The van der Waals surface area contributed by atoms with E-state index in [9.17, 15) is 0 Å². The maximum atomic E-state index is 5.98. The van der Waals surface area contributed by atoms with Crippen LogP contribution >= 0.6 is 12.4 Å². The van der Waals surface area contributed by atoms with Gasteiger partial charge in [0.2, 0.25) is 11.9 Å². The summed E-state index contributed by atoms with van der Waals surface area (Å²) in [6.45, 7) is 0.439. The van der Waals surface area contributed by atoms with Gasteiger partial charge in [-0.25, -0.2) is 4.99 Å². The molecule has 1 aromatic rings. The van der Waals surface area contributed by atoms with Crippen molar-refractivity contribution in [2.45, 2.75) is 38.0 Å². The molecule has 1 saturated carbocycles. The number of nitrogens with zero attached hydrogens (tertiary/aromatic N) is 3. The van der Waals surface area contributed by atoms with Gasteiger partial charge in [0, 0.05) is 0 Å². The Balaban J connectivity index is 0.00000161. The van der Waals surface area contributed by atoms with E-state index in [2.05, 4.69) is 9.98 Å². The number of hydroxylamine groups is 2. The highest BCUT2D eigenvalue weighted by Crippen LogP contribution is 2.38. The molecule has 1 aliphatic carbocycles. The summed E-state index contributed by atoms with van der Waals surface area (Å²) >= 11 is 0. The first-order chi connectivity index (χ1) is 9.70. The van der Waals surface area contributed by atoms with E-state index in [1.165, 1.54) is 0 Å². The summed E-state index contributed by atoms with van der Waals surface area (Å²) in [5, 5.41) is 1.64. The summed E-state index contributed by atoms with van der Waals surface area (Å²) < 4.78 is 0. The number of aliphatic imine (C=N–C) groups is 2. The SMILES string of the molecule is Cl.NC1=NC2(CCCC2)N(OCc2ccccc2)C(N)=N1. The predicted octanol–water partition coefficient (Wildman–Crippen LogP) is 1.76. The number of hydrogen-bond donors (Lipinski definition) is 2. The van der Waals surface area contributed by atoms with Crippen LogP contribution in [0, 0.1) is 0 Å². The molecule has 6 nitrogen and oxygen atoms in total. The van der Waals surface area contributed by atoms with Crippen LogP contribution in [0.4, 0.5) is 0 Å². The molecule has 0 aromatic heterocycles. The van der Waals surface area contributed by atoms with Crippen molar-refractivity contribution in [1.82, 2.24) is 5.06 Å². The summed E-state index contributed by atoms with van der Waals surface area (Å²) in [7, 11) is 0. The van der Waals surface area contributed by atoms with Gasteiger partial charge in [-0.3, -0.25) is 4.84 Å². The molecule has 3 rings (SSSR count). The van der Waals surface area contributed by atoms with E-state index in [-0.39, 0.29) is 24.3 Å². The highest BCUT2D eigenvalue weighted by atomic mass is 35.5. The third-order valence-corrected chi connectivity index (χ3v) is 3.75. The molecule has 114 valence electrons. The van der Waals surface area contributed by atoms with Crippen molar-refractivity contribution in [2.24, 2.45) is 21.5 Å². The lowest BCUT2D eigenvalue weighted by Gasteiger charge is -2.39. The largest absolute Gasteiger partial charge is 0.368 e. The predicted molar refractivity (Wildman–Crippen MR) is 84.8 cm³/mol. The zero-order valence-corrected chi connectivity index (χ0v) is 12.6. The Kier molecular flexibility index (Phi) is 4.69. The van der Waals surface area contributed by atoms with E-state index >= 15 is 0 Å². The third kappa shape index (κ3) is 3.11. The van der Waals surface area contributed by atoms with E-state index < -0.39 is 5.66 Å². The minimum Gasteiger partial charge on any atom is -0.368 e. The van der Waals surface area contributed by atoms with Crippen LogP contribution in [0.2, 0.25) is 0 Å².